The Morgan fingerprint density at radius 2 is 1.43 bits per heavy atom. The molecule has 2 aromatic carbocycles. The Balaban J connectivity index is 0.000000247. The van der Waals surface area contributed by atoms with Crippen LogP contribution in [0.2, 0.25) is 5.28 Å². The molecule has 3 aromatic rings. The summed E-state index contributed by atoms with van der Waals surface area (Å²) in [6, 6.07) is 18.0. The van der Waals surface area contributed by atoms with E-state index in [0.717, 1.165) is 61.9 Å². The van der Waals surface area contributed by atoms with Gasteiger partial charge in [0.25, 0.3) is 0 Å². The zero-order valence-electron chi connectivity index (χ0n) is 26.0. The Morgan fingerprint density at radius 3 is 1.91 bits per heavy atom. The van der Waals surface area contributed by atoms with Gasteiger partial charge in [-0.2, -0.15) is 0 Å². The number of carbonyl (C=O) groups is 2. The van der Waals surface area contributed by atoms with Crippen LogP contribution in [0, 0.1) is 0 Å². The summed E-state index contributed by atoms with van der Waals surface area (Å²) in [5, 5.41) is 3.54. The number of rotatable bonds is 11. The normalized spacial score (nSPS) is 18.8. The summed E-state index contributed by atoms with van der Waals surface area (Å²) < 4.78 is 11.9. The van der Waals surface area contributed by atoms with Crippen molar-refractivity contribution in [3.8, 4) is 11.5 Å². The summed E-state index contributed by atoms with van der Waals surface area (Å²) in [4.78, 5) is 32.7. The van der Waals surface area contributed by atoms with Crippen LogP contribution in [0.5, 0.6) is 11.5 Å². The summed E-state index contributed by atoms with van der Waals surface area (Å²) in [5.74, 6) is 3.57. The fourth-order valence-electron chi connectivity index (χ4n) is 5.50. The monoisotopic (exact) mass is 642 g/mol. The number of anilines is 1. The van der Waals surface area contributed by atoms with E-state index in [1.807, 2.05) is 42.5 Å². The molecule has 2 saturated heterocycles. The molecular weight excluding hydrogens is 599 g/mol. The van der Waals surface area contributed by atoms with Crippen LogP contribution in [0.4, 0.5) is 5.82 Å². The molecule has 3 heterocycles. The molecule has 0 spiro atoms. The smallest absolute Gasteiger partial charge is 0.224 e. The Hall–Kier alpha value is -3.20. The first-order valence-corrected chi connectivity index (χ1v) is 15.5. The number of nitrogens with zero attached hydrogens (tertiary/aromatic N) is 3. The lowest BCUT2D eigenvalue weighted by atomic mass is 9.96. The van der Waals surface area contributed by atoms with Crippen molar-refractivity contribution in [1.82, 2.24) is 15.3 Å². The van der Waals surface area contributed by atoms with E-state index < -0.39 is 0 Å². The lowest BCUT2D eigenvalue weighted by Gasteiger charge is -2.18. The van der Waals surface area contributed by atoms with E-state index in [1.54, 1.807) is 20.0 Å². The van der Waals surface area contributed by atoms with E-state index in [-0.39, 0.29) is 47.2 Å². The van der Waals surface area contributed by atoms with Crippen LogP contribution in [0.3, 0.4) is 0 Å². The largest absolute Gasteiger partial charge is 0.489 e. The highest BCUT2D eigenvalue weighted by Crippen LogP contribution is 2.26. The molecule has 238 valence electrons. The van der Waals surface area contributed by atoms with Gasteiger partial charge in [-0.05, 0) is 91.7 Å². The van der Waals surface area contributed by atoms with Crippen LogP contribution in [0.1, 0.15) is 76.3 Å². The maximum absolute atomic E-state index is 11.2. The molecule has 2 aliphatic rings. The van der Waals surface area contributed by atoms with Gasteiger partial charge in [0.15, 0.2) is 0 Å². The second-order valence-corrected chi connectivity index (χ2v) is 12.0. The summed E-state index contributed by atoms with van der Waals surface area (Å²) in [7, 11) is 0. The number of hydrogen-bond donors (Lipinski definition) is 1. The maximum Gasteiger partial charge on any atom is 0.224 e. The average Bonchev–Trinajstić information content (AvgIpc) is 3.66. The van der Waals surface area contributed by atoms with Crippen LogP contribution in [0.15, 0.2) is 60.8 Å². The molecule has 2 aliphatic heterocycles. The van der Waals surface area contributed by atoms with Crippen molar-refractivity contribution < 1.29 is 19.1 Å². The molecule has 1 aromatic heterocycles. The van der Waals surface area contributed by atoms with Crippen LogP contribution in [-0.2, 0) is 9.59 Å². The first-order valence-electron chi connectivity index (χ1n) is 15.1. The van der Waals surface area contributed by atoms with Crippen LogP contribution in [0.25, 0.3) is 0 Å². The van der Waals surface area contributed by atoms with E-state index in [2.05, 4.69) is 46.2 Å². The molecule has 44 heavy (non-hydrogen) atoms. The number of ether oxygens (including phenoxy) is 2. The summed E-state index contributed by atoms with van der Waals surface area (Å²) >= 11 is 5.86. The van der Waals surface area contributed by atoms with Gasteiger partial charge in [-0.25, -0.2) is 9.97 Å². The Bertz CT molecular complexity index is 1330. The molecule has 0 aliphatic carbocycles. The van der Waals surface area contributed by atoms with E-state index in [1.165, 1.54) is 5.56 Å². The summed E-state index contributed by atoms with van der Waals surface area (Å²) in [6.45, 7) is 11.0. The average molecular weight is 644 g/mol. The first-order chi connectivity index (χ1) is 20.7. The summed E-state index contributed by atoms with van der Waals surface area (Å²) in [6.07, 6.45) is 5.26. The van der Waals surface area contributed by atoms with Gasteiger partial charge in [0.2, 0.25) is 5.28 Å². The van der Waals surface area contributed by atoms with Gasteiger partial charge in [0.1, 0.15) is 41.1 Å². The predicted octanol–water partition coefficient (Wildman–Crippen LogP) is 6.80. The molecule has 0 bridgehead atoms. The van der Waals surface area contributed by atoms with E-state index in [4.69, 9.17) is 21.1 Å². The van der Waals surface area contributed by atoms with Crippen molar-refractivity contribution in [2.75, 3.05) is 31.1 Å². The number of hydrogen-bond acceptors (Lipinski definition) is 8. The SMILES string of the molecule is CC(=O)C[C@@H](C)c1ccc(O[C@@H]2CCN(c3ccnc(Cl)n3)C2)cc1.CC(=O)C[C@@H](C)c1ccc(O[C@@H]2CCNC2)cc1.Cl. The minimum atomic E-state index is 0. The molecular formula is C34H44Cl2N4O4. The van der Waals surface area contributed by atoms with Gasteiger partial charge in [0, 0.05) is 38.5 Å². The van der Waals surface area contributed by atoms with Crippen molar-refractivity contribution in [3.05, 3.63) is 77.2 Å². The maximum atomic E-state index is 11.2. The van der Waals surface area contributed by atoms with Crippen molar-refractivity contribution in [3.63, 3.8) is 0 Å². The van der Waals surface area contributed by atoms with Crippen molar-refractivity contribution in [1.29, 1.82) is 0 Å². The van der Waals surface area contributed by atoms with E-state index in [9.17, 15) is 9.59 Å². The number of benzene rings is 2. The number of halogens is 2. The Morgan fingerprint density at radius 1 is 0.886 bits per heavy atom. The third kappa shape index (κ3) is 11.1. The molecule has 0 saturated carbocycles. The fourth-order valence-corrected chi connectivity index (χ4v) is 5.64. The molecule has 0 unspecified atom stereocenters. The standard InChI is InChI=1S/C19H22ClN3O2.C15H21NO2.ClH/c1-13(11-14(2)24)15-3-5-16(6-4-15)25-17-8-10-23(12-17)18-7-9-21-19(20)22-18;1-11(9-12(2)17)13-3-5-14(6-4-13)18-15-7-8-16-10-15;/h3-7,9,13,17H,8,10-12H2,1-2H3;3-6,11,15-16H,7-10H2,1-2H3;1H/t13-,17-;11-,15-;/m11./s1. The van der Waals surface area contributed by atoms with Crippen LogP contribution in [-0.4, -0.2) is 59.9 Å². The van der Waals surface area contributed by atoms with Crippen molar-refractivity contribution in [2.24, 2.45) is 0 Å². The predicted molar refractivity (Wildman–Crippen MR) is 178 cm³/mol. The third-order valence-corrected chi connectivity index (χ3v) is 7.97. The lowest BCUT2D eigenvalue weighted by Crippen LogP contribution is -2.25. The second kappa shape index (κ2) is 17.3. The highest BCUT2D eigenvalue weighted by atomic mass is 35.5. The molecule has 5 rings (SSSR count). The zero-order valence-corrected chi connectivity index (χ0v) is 27.6. The van der Waals surface area contributed by atoms with Gasteiger partial charge < -0.3 is 29.3 Å². The number of nitrogens with one attached hydrogen (secondary N) is 1. The highest BCUT2D eigenvalue weighted by molar-refractivity contribution is 6.28. The number of carbonyl (C=O) groups excluding carboxylic acids is 2. The quantitative estimate of drug-likeness (QED) is 0.228. The zero-order chi connectivity index (χ0) is 30.8. The Labute approximate surface area is 272 Å². The number of aromatic nitrogens is 2. The number of ketones is 2. The first kappa shape index (κ1) is 35.3. The molecule has 8 nitrogen and oxygen atoms in total. The molecule has 0 amide bonds. The second-order valence-electron chi connectivity index (χ2n) is 11.6. The molecule has 4 atom stereocenters. The van der Waals surface area contributed by atoms with Gasteiger partial charge in [0.05, 0.1) is 6.54 Å². The third-order valence-electron chi connectivity index (χ3n) is 7.79. The minimum absolute atomic E-state index is 0. The van der Waals surface area contributed by atoms with E-state index in [0.29, 0.717) is 18.9 Å². The van der Waals surface area contributed by atoms with E-state index >= 15 is 0 Å². The molecule has 10 heteroatoms. The van der Waals surface area contributed by atoms with Gasteiger partial charge >= 0.3 is 0 Å². The van der Waals surface area contributed by atoms with Gasteiger partial charge in [-0.3, -0.25) is 0 Å². The summed E-state index contributed by atoms with van der Waals surface area (Å²) in [5.41, 5.74) is 2.35. The highest BCUT2D eigenvalue weighted by Gasteiger charge is 2.25. The van der Waals surface area contributed by atoms with Crippen LogP contribution < -0.4 is 19.7 Å². The molecule has 0 radical (unpaired) electrons. The topological polar surface area (TPSA) is 93.7 Å². The fraction of sp³-hybridized carbons (Fsp3) is 0.471. The molecule has 1 N–H and O–H groups in total. The molecule has 2 fully saturated rings. The van der Waals surface area contributed by atoms with Crippen molar-refractivity contribution >= 4 is 41.4 Å². The minimum Gasteiger partial charge on any atom is -0.489 e. The Kier molecular flexibility index (Phi) is 13.9. The van der Waals surface area contributed by atoms with Crippen molar-refractivity contribution in [2.45, 2.75) is 77.4 Å². The van der Waals surface area contributed by atoms with Gasteiger partial charge in [-0.15, -0.1) is 12.4 Å². The lowest BCUT2D eigenvalue weighted by molar-refractivity contribution is -0.118. The van der Waals surface area contributed by atoms with Gasteiger partial charge in [-0.1, -0.05) is 38.1 Å². The van der Waals surface area contributed by atoms with Crippen LogP contribution >= 0.6 is 24.0 Å². The number of Topliss-reactive ketones (excluding diaryl/α,β-unsaturated/α-hetero) is 2.